The van der Waals surface area contributed by atoms with Crippen molar-refractivity contribution in [2.75, 3.05) is 21.3 Å². The molecule has 0 radical (unpaired) electrons. The second-order valence-electron chi connectivity index (χ2n) is 4.53. The Morgan fingerprint density at radius 2 is 1.72 bits per heavy atom. The van der Waals surface area contributed by atoms with Crippen LogP contribution in [0.15, 0.2) is 12.1 Å². The van der Waals surface area contributed by atoms with Gasteiger partial charge in [-0.3, -0.25) is 0 Å². The van der Waals surface area contributed by atoms with E-state index >= 15 is 0 Å². The zero-order chi connectivity index (χ0) is 13.1. The van der Waals surface area contributed by atoms with Crippen LogP contribution in [0.1, 0.15) is 11.1 Å². The molecular formula is C14H19NO2S. The first-order valence-electron chi connectivity index (χ1n) is 6.10. The molecule has 1 aromatic rings. The number of thiocarbonyl (C=S) groups is 1. The number of ether oxygens (including phenoxy) is 2. The highest BCUT2D eigenvalue weighted by atomic mass is 32.1. The van der Waals surface area contributed by atoms with E-state index in [0.29, 0.717) is 12.0 Å². The summed E-state index contributed by atoms with van der Waals surface area (Å²) in [6.07, 6.45) is 1.83. The number of nitrogens with one attached hydrogen (secondary N) is 1. The van der Waals surface area contributed by atoms with Crippen molar-refractivity contribution in [2.45, 2.75) is 18.9 Å². The van der Waals surface area contributed by atoms with E-state index in [-0.39, 0.29) is 0 Å². The number of hydrogen-bond acceptors (Lipinski definition) is 4. The van der Waals surface area contributed by atoms with Crippen LogP contribution in [0.3, 0.4) is 0 Å². The maximum atomic E-state index is 5.45. The van der Waals surface area contributed by atoms with Gasteiger partial charge in [0.05, 0.1) is 14.2 Å². The minimum atomic E-state index is 0.360. The van der Waals surface area contributed by atoms with Gasteiger partial charge in [-0.25, -0.2) is 0 Å². The SMILES string of the molecule is CN[C@H]1Cc2c(OC)ccc(OC)c2C[C@@H]1C=S. The van der Waals surface area contributed by atoms with Crippen molar-refractivity contribution < 1.29 is 9.47 Å². The van der Waals surface area contributed by atoms with Crippen LogP contribution in [0, 0.1) is 5.92 Å². The van der Waals surface area contributed by atoms with E-state index in [1.165, 1.54) is 11.1 Å². The molecule has 2 rings (SSSR count). The monoisotopic (exact) mass is 265 g/mol. The summed E-state index contributed by atoms with van der Waals surface area (Å²) in [6, 6.07) is 4.32. The van der Waals surface area contributed by atoms with E-state index in [0.717, 1.165) is 24.3 Å². The Bertz CT molecular complexity index is 448. The Kier molecular flexibility index (Phi) is 4.19. The molecule has 1 N–H and O–H groups in total. The van der Waals surface area contributed by atoms with Crippen LogP contribution in [-0.2, 0) is 12.8 Å². The molecule has 1 aromatic carbocycles. The zero-order valence-corrected chi connectivity index (χ0v) is 11.8. The number of likely N-dealkylation sites (N-methyl/N-ethyl adjacent to an activating group) is 1. The largest absolute Gasteiger partial charge is 0.496 e. The van der Waals surface area contributed by atoms with Crippen molar-refractivity contribution in [3.05, 3.63) is 23.3 Å². The molecule has 0 bridgehead atoms. The topological polar surface area (TPSA) is 30.5 Å². The standard InChI is InChI=1S/C14H19NO2S/c1-15-12-7-11-10(6-9(12)8-18)13(16-2)4-5-14(11)17-3/h4-5,8-9,12,15H,6-7H2,1-3H3/t9-,12+/m1/s1. The molecule has 0 amide bonds. The summed E-state index contributed by atoms with van der Waals surface area (Å²) in [4.78, 5) is 0. The second kappa shape index (κ2) is 5.67. The molecule has 3 nitrogen and oxygen atoms in total. The average molecular weight is 265 g/mol. The Morgan fingerprint density at radius 1 is 1.17 bits per heavy atom. The molecule has 0 aliphatic heterocycles. The highest BCUT2D eigenvalue weighted by Crippen LogP contribution is 2.37. The highest BCUT2D eigenvalue weighted by molar-refractivity contribution is 7.79. The van der Waals surface area contributed by atoms with Crippen molar-refractivity contribution in [2.24, 2.45) is 5.92 Å². The van der Waals surface area contributed by atoms with Gasteiger partial charge >= 0.3 is 0 Å². The Balaban J connectivity index is 2.48. The number of benzene rings is 1. The van der Waals surface area contributed by atoms with Crippen LogP contribution >= 0.6 is 12.2 Å². The first kappa shape index (κ1) is 13.3. The van der Waals surface area contributed by atoms with Crippen molar-refractivity contribution in [1.82, 2.24) is 5.32 Å². The molecule has 0 fully saturated rings. The third-order valence-corrected chi connectivity index (χ3v) is 4.06. The molecule has 0 heterocycles. The van der Waals surface area contributed by atoms with Gasteiger partial charge in [0.1, 0.15) is 11.5 Å². The van der Waals surface area contributed by atoms with Gasteiger partial charge in [-0.15, -0.1) is 0 Å². The van der Waals surface area contributed by atoms with E-state index in [1.807, 2.05) is 24.5 Å². The Labute approximate surface area is 113 Å². The fourth-order valence-electron chi connectivity index (χ4n) is 2.69. The number of rotatable bonds is 4. The van der Waals surface area contributed by atoms with Crippen molar-refractivity contribution in [3.63, 3.8) is 0 Å². The van der Waals surface area contributed by atoms with Crippen LogP contribution < -0.4 is 14.8 Å². The predicted octanol–water partition coefficient (Wildman–Crippen LogP) is 2.01. The van der Waals surface area contributed by atoms with Crippen LogP contribution in [0.5, 0.6) is 11.5 Å². The summed E-state index contributed by atoms with van der Waals surface area (Å²) in [5.74, 6) is 2.23. The predicted molar refractivity (Wildman–Crippen MR) is 76.9 cm³/mol. The van der Waals surface area contributed by atoms with E-state index < -0.39 is 0 Å². The lowest BCUT2D eigenvalue weighted by molar-refractivity contribution is 0.368. The third kappa shape index (κ3) is 2.22. The van der Waals surface area contributed by atoms with E-state index in [2.05, 4.69) is 5.32 Å². The lowest BCUT2D eigenvalue weighted by Crippen LogP contribution is -2.40. The molecule has 0 saturated carbocycles. The van der Waals surface area contributed by atoms with Gasteiger partial charge in [-0.1, -0.05) is 12.2 Å². The summed E-state index contributed by atoms with van der Waals surface area (Å²) in [5.41, 5.74) is 2.47. The fourth-order valence-corrected chi connectivity index (χ4v) is 2.97. The molecular weight excluding hydrogens is 246 g/mol. The van der Waals surface area contributed by atoms with Crippen LogP contribution in [0.25, 0.3) is 0 Å². The van der Waals surface area contributed by atoms with E-state index in [4.69, 9.17) is 21.7 Å². The van der Waals surface area contributed by atoms with Gasteiger partial charge < -0.3 is 14.8 Å². The van der Waals surface area contributed by atoms with Gasteiger partial charge in [-0.05, 0) is 37.4 Å². The van der Waals surface area contributed by atoms with Gasteiger partial charge in [0.15, 0.2) is 0 Å². The number of methoxy groups -OCH3 is 2. The lowest BCUT2D eigenvalue weighted by Gasteiger charge is -2.32. The van der Waals surface area contributed by atoms with Crippen molar-refractivity contribution in [3.8, 4) is 11.5 Å². The summed E-state index contributed by atoms with van der Waals surface area (Å²) in [6.45, 7) is 0. The van der Waals surface area contributed by atoms with Crippen LogP contribution in [0.2, 0.25) is 0 Å². The molecule has 4 heteroatoms. The summed E-state index contributed by atoms with van der Waals surface area (Å²) in [7, 11) is 5.40. The third-order valence-electron chi connectivity index (χ3n) is 3.71. The Morgan fingerprint density at radius 3 is 2.17 bits per heavy atom. The maximum absolute atomic E-state index is 5.45. The van der Waals surface area contributed by atoms with Gasteiger partial charge in [0, 0.05) is 23.1 Å². The number of fused-ring (bicyclic) bond motifs is 1. The first-order valence-corrected chi connectivity index (χ1v) is 6.57. The highest BCUT2D eigenvalue weighted by Gasteiger charge is 2.30. The molecule has 18 heavy (non-hydrogen) atoms. The maximum Gasteiger partial charge on any atom is 0.122 e. The quantitative estimate of drug-likeness (QED) is 0.844. The van der Waals surface area contributed by atoms with Crippen molar-refractivity contribution >= 4 is 17.6 Å². The van der Waals surface area contributed by atoms with E-state index in [1.54, 1.807) is 14.2 Å². The molecule has 1 aliphatic rings. The smallest absolute Gasteiger partial charge is 0.122 e. The summed E-state index contributed by atoms with van der Waals surface area (Å²) in [5, 5.41) is 5.20. The van der Waals surface area contributed by atoms with Gasteiger partial charge in [-0.2, -0.15) is 0 Å². The van der Waals surface area contributed by atoms with E-state index in [9.17, 15) is 0 Å². The molecule has 98 valence electrons. The lowest BCUT2D eigenvalue weighted by atomic mass is 9.80. The normalized spacial score (nSPS) is 22.2. The minimum Gasteiger partial charge on any atom is -0.496 e. The minimum absolute atomic E-state index is 0.360. The molecule has 0 spiro atoms. The van der Waals surface area contributed by atoms with Gasteiger partial charge in [0.25, 0.3) is 0 Å². The average Bonchev–Trinajstić information content (AvgIpc) is 2.44. The fraction of sp³-hybridized carbons (Fsp3) is 0.500. The first-order chi connectivity index (χ1) is 8.74. The molecule has 1 aliphatic carbocycles. The van der Waals surface area contributed by atoms with Gasteiger partial charge in [0.2, 0.25) is 0 Å². The van der Waals surface area contributed by atoms with Crippen molar-refractivity contribution in [1.29, 1.82) is 0 Å². The number of hydrogen-bond donors (Lipinski definition) is 1. The van der Waals surface area contributed by atoms with Crippen LogP contribution in [-0.4, -0.2) is 32.7 Å². The summed E-state index contributed by atoms with van der Waals surface area (Å²) >= 11 is 5.15. The molecule has 0 saturated heterocycles. The second-order valence-corrected chi connectivity index (χ2v) is 4.80. The zero-order valence-electron chi connectivity index (χ0n) is 11.0. The molecule has 0 aromatic heterocycles. The Hall–Kier alpha value is -1.13. The summed E-state index contributed by atoms with van der Waals surface area (Å²) < 4.78 is 10.9. The van der Waals surface area contributed by atoms with Crippen LogP contribution in [0.4, 0.5) is 0 Å². The molecule has 0 unspecified atom stereocenters. The molecule has 2 atom stereocenters.